The minimum atomic E-state index is 0.342. The average molecular weight is 210 g/mol. The van der Waals surface area contributed by atoms with Crippen molar-refractivity contribution in [1.82, 2.24) is 4.90 Å². The van der Waals surface area contributed by atoms with Crippen LogP contribution in [-0.4, -0.2) is 42.8 Å². The number of nitrogens with zero attached hydrogens (tertiary/aromatic N) is 1. The van der Waals surface area contributed by atoms with Gasteiger partial charge >= 0.3 is 0 Å². The van der Waals surface area contributed by atoms with E-state index in [-0.39, 0.29) is 0 Å². The predicted molar refractivity (Wildman–Crippen MR) is 59.7 cm³/mol. The molecule has 0 spiro atoms. The zero-order valence-electron chi connectivity index (χ0n) is 9.40. The van der Waals surface area contributed by atoms with Crippen LogP contribution in [0.4, 0.5) is 0 Å². The van der Waals surface area contributed by atoms with Gasteiger partial charge in [0.1, 0.15) is 0 Å². The first-order valence-electron chi connectivity index (χ1n) is 6.44. The number of rotatable bonds is 3. The fraction of sp³-hybridized carbons (Fsp3) is 1.00. The molecule has 4 unspecified atom stereocenters. The Morgan fingerprint density at radius 2 is 2.00 bits per heavy atom. The third-order valence-corrected chi connectivity index (χ3v) is 4.42. The number of piperidine rings is 1. The predicted octanol–water partition coefficient (Wildman–Crippen LogP) is 0.977. The molecular weight excluding hydrogens is 188 g/mol. The molecule has 2 N–H and O–H groups in total. The third-order valence-electron chi connectivity index (χ3n) is 4.42. The summed E-state index contributed by atoms with van der Waals surface area (Å²) in [6.07, 6.45) is 7.55. The van der Waals surface area contributed by atoms with Gasteiger partial charge in [-0.05, 0) is 38.0 Å². The summed E-state index contributed by atoms with van der Waals surface area (Å²) in [5, 5.41) is 0. The van der Waals surface area contributed by atoms with Crippen LogP contribution in [0.25, 0.3) is 0 Å². The fourth-order valence-electron chi connectivity index (χ4n) is 3.60. The lowest BCUT2D eigenvalue weighted by Crippen LogP contribution is -2.38. The average Bonchev–Trinajstić information content (AvgIpc) is 2.92. The minimum absolute atomic E-state index is 0.342. The van der Waals surface area contributed by atoms with E-state index < -0.39 is 0 Å². The number of nitrogens with two attached hydrogens (primary N) is 1. The minimum Gasteiger partial charge on any atom is -0.372 e. The lowest BCUT2D eigenvalue weighted by molar-refractivity contribution is 0.0208. The second-order valence-corrected chi connectivity index (χ2v) is 5.48. The van der Waals surface area contributed by atoms with E-state index in [9.17, 15) is 0 Å². The maximum Gasteiger partial charge on any atom is 0.0707 e. The van der Waals surface area contributed by atoms with Crippen molar-refractivity contribution in [3.05, 3.63) is 0 Å². The van der Waals surface area contributed by atoms with Gasteiger partial charge < -0.3 is 10.5 Å². The molecule has 0 aromatic rings. The Balaban J connectivity index is 1.50. The Labute approximate surface area is 91.9 Å². The van der Waals surface area contributed by atoms with E-state index in [0.29, 0.717) is 18.8 Å². The highest BCUT2D eigenvalue weighted by Crippen LogP contribution is 2.38. The first-order valence-corrected chi connectivity index (χ1v) is 6.44. The van der Waals surface area contributed by atoms with Crippen LogP contribution in [0.15, 0.2) is 0 Å². The number of hydrogen-bond acceptors (Lipinski definition) is 3. The second-order valence-electron chi connectivity index (χ2n) is 5.48. The summed E-state index contributed by atoms with van der Waals surface area (Å²) in [5.41, 5.74) is 5.63. The molecule has 2 heterocycles. The van der Waals surface area contributed by atoms with Crippen LogP contribution in [0.3, 0.4) is 0 Å². The SMILES string of the molecule is NCC1CCC(CN2CC3CCC2C3)O1. The first-order chi connectivity index (χ1) is 7.35. The van der Waals surface area contributed by atoms with Crippen molar-refractivity contribution in [1.29, 1.82) is 0 Å². The van der Waals surface area contributed by atoms with Gasteiger partial charge in [0.05, 0.1) is 12.2 Å². The van der Waals surface area contributed by atoms with Gasteiger partial charge in [-0.3, -0.25) is 4.90 Å². The van der Waals surface area contributed by atoms with E-state index in [1.54, 1.807) is 0 Å². The largest absolute Gasteiger partial charge is 0.372 e. The van der Waals surface area contributed by atoms with E-state index in [4.69, 9.17) is 10.5 Å². The highest BCUT2D eigenvalue weighted by Gasteiger charge is 2.39. The number of fused-ring (bicyclic) bond motifs is 2. The Hall–Kier alpha value is -0.120. The molecule has 1 aliphatic carbocycles. The van der Waals surface area contributed by atoms with Gasteiger partial charge in [-0.1, -0.05) is 0 Å². The van der Waals surface area contributed by atoms with Crippen molar-refractivity contribution in [3.8, 4) is 0 Å². The zero-order valence-corrected chi connectivity index (χ0v) is 9.40. The molecule has 1 saturated carbocycles. The molecule has 0 radical (unpaired) electrons. The summed E-state index contributed by atoms with van der Waals surface area (Å²) in [5.74, 6) is 1.00. The van der Waals surface area contributed by atoms with Gasteiger partial charge in [-0.2, -0.15) is 0 Å². The van der Waals surface area contributed by atoms with Crippen LogP contribution < -0.4 is 5.73 Å². The fourth-order valence-corrected chi connectivity index (χ4v) is 3.60. The lowest BCUT2D eigenvalue weighted by Gasteiger charge is -2.29. The van der Waals surface area contributed by atoms with Crippen LogP contribution in [0.1, 0.15) is 32.1 Å². The van der Waals surface area contributed by atoms with Crippen LogP contribution in [-0.2, 0) is 4.74 Å². The van der Waals surface area contributed by atoms with Crippen molar-refractivity contribution < 1.29 is 4.74 Å². The molecule has 3 nitrogen and oxygen atoms in total. The molecule has 15 heavy (non-hydrogen) atoms. The summed E-state index contributed by atoms with van der Waals surface area (Å²) >= 11 is 0. The topological polar surface area (TPSA) is 38.5 Å². The molecule has 0 aromatic carbocycles. The number of likely N-dealkylation sites (tertiary alicyclic amines) is 1. The molecule has 2 aliphatic heterocycles. The van der Waals surface area contributed by atoms with Gasteiger partial charge in [-0.25, -0.2) is 0 Å². The Morgan fingerprint density at radius 3 is 2.60 bits per heavy atom. The molecule has 0 aromatic heterocycles. The van der Waals surface area contributed by atoms with Gasteiger partial charge in [0, 0.05) is 25.7 Å². The Kier molecular flexibility index (Phi) is 2.71. The molecule has 0 amide bonds. The van der Waals surface area contributed by atoms with E-state index in [1.807, 2.05) is 0 Å². The van der Waals surface area contributed by atoms with Gasteiger partial charge in [0.25, 0.3) is 0 Å². The molecule has 86 valence electrons. The van der Waals surface area contributed by atoms with E-state index >= 15 is 0 Å². The smallest absolute Gasteiger partial charge is 0.0707 e. The second kappa shape index (κ2) is 4.04. The molecule has 3 aliphatic rings. The van der Waals surface area contributed by atoms with Crippen molar-refractivity contribution in [2.75, 3.05) is 19.6 Å². The van der Waals surface area contributed by atoms with Crippen LogP contribution in [0, 0.1) is 5.92 Å². The summed E-state index contributed by atoms with van der Waals surface area (Å²) < 4.78 is 5.91. The molecular formula is C12H22N2O. The Bertz CT molecular complexity index is 234. The molecule has 3 heteroatoms. The van der Waals surface area contributed by atoms with Crippen molar-refractivity contribution in [3.63, 3.8) is 0 Å². The van der Waals surface area contributed by atoms with Crippen LogP contribution in [0.5, 0.6) is 0 Å². The van der Waals surface area contributed by atoms with E-state index in [0.717, 1.165) is 18.5 Å². The molecule has 4 atom stereocenters. The van der Waals surface area contributed by atoms with Gasteiger partial charge in [-0.15, -0.1) is 0 Å². The molecule has 2 saturated heterocycles. The van der Waals surface area contributed by atoms with Crippen molar-refractivity contribution in [2.45, 2.75) is 50.4 Å². The van der Waals surface area contributed by atoms with Gasteiger partial charge in [0.2, 0.25) is 0 Å². The summed E-state index contributed by atoms with van der Waals surface area (Å²) in [6.45, 7) is 3.19. The van der Waals surface area contributed by atoms with Crippen molar-refractivity contribution >= 4 is 0 Å². The number of hydrogen-bond donors (Lipinski definition) is 1. The summed E-state index contributed by atoms with van der Waals surface area (Å²) in [7, 11) is 0. The zero-order chi connectivity index (χ0) is 10.3. The quantitative estimate of drug-likeness (QED) is 0.754. The van der Waals surface area contributed by atoms with Crippen molar-refractivity contribution in [2.24, 2.45) is 11.7 Å². The Morgan fingerprint density at radius 1 is 1.13 bits per heavy atom. The molecule has 3 fully saturated rings. The monoisotopic (exact) mass is 210 g/mol. The first kappa shape index (κ1) is 10.1. The standard InChI is InChI=1S/C12H22N2O/c13-6-11-3-4-12(15-11)8-14-7-9-1-2-10(14)5-9/h9-12H,1-8,13H2. The lowest BCUT2D eigenvalue weighted by atomic mass is 10.1. The summed E-state index contributed by atoms with van der Waals surface area (Å²) in [6, 6.07) is 0.885. The summed E-state index contributed by atoms with van der Waals surface area (Å²) in [4.78, 5) is 2.66. The number of ether oxygens (including phenoxy) is 1. The third kappa shape index (κ3) is 1.93. The maximum atomic E-state index is 5.91. The van der Waals surface area contributed by atoms with E-state index in [2.05, 4.69) is 4.90 Å². The van der Waals surface area contributed by atoms with Crippen LogP contribution in [0.2, 0.25) is 0 Å². The highest BCUT2D eigenvalue weighted by atomic mass is 16.5. The highest BCUT2D eigenvalue weighted by molar-refractivity contribution is 4.93. The normalized spacial score (nSPS) is 45.4. The van der Waals surface area contributed by atoms with E-state index in [1.165, 1.54) is 38.6 Å². The van der Waals surface area contributed by atoms with Crippen LogP contribution >= 0.6 is 0 Å². The van der Waals surface area contributed by atoms with Gasteiger partial charge in [0.15, 0.2) is 0 Å². The maximum absolute atomic E-state index is 5.91. The molecule has 3 rings (SSSR count). The molecule has 2 bridgehead atoms.